The van der Waals surface area contributed by atoms with E-state index >= 15 is 0 Å². The number of benzene rings is 1. The summed E-state index contributed by atoms with van der Waals surface area (Å²) < 4.78 is 10.8. The van der Waals surface area contributed by atoms with Crippen LogP contribution in [0.1, 0.15) is 12.8 Å². The van der Waals surface area contributed by atoms with E-state index in [4.69, 9.17) is 9.47 Å². The molecule has 0 aliphatic carbocycles. The Bertz CT molecular complexity index is 321. The fourth-order valence-electron chi connectivity index (χ4n) is 2.00. The summed E-state index contributed by atoms with van der Waals surface area (Å²) in [4.78, 5) is 0. The van der Waals surface area contributed by atoms with E-state index in [1.165, 1.54) is 6.42 Å². The van der Waals surface area contributed by atoms with E-state index < -0.39 is 0 Å². The van der Waals surface area contributed by atoms with Gasteiger partial charge >= 0.3 is 0 Å². The van der Waals surface area contributed by atoms with Crippen molar-refractivity contribution in [3.8, 4) is 11.5 Å². The summed E-state index contributed by atoms with van der Waals surface area (Å²) in [6.45, 7) is 3.09. The zero-order chi connectivity index (χ0) is 11.2. The van der Waals surface area contributed by atoms with Gasteiger partial charge in [0.15, 0.2) is 0 Å². The lowest BCUT2D eigenvalue weighted by molar-refractivity contribution is 0.282. The SMILES string of the molecule is COc1cccc(OCC[C@H]2CCNC2)c1. The van der Waals surface area contributed by atoms with Crippen molar-refractivity contribution in [2.24, 2.45) is 5.92 Å². The summed E-state index contributed by atoms with van der Waals surface area (Å²) in [6, 6.07) is 7.77. The number of rotatable bonds is 5. The third-order valence-electron chi connectivity index (χ3n) is 3.00. The molecule has 16 heavy (non-hydrogen) atoms. The first-order chi connectivity index (χ1) is 7.88. The maximum atomic E-state index is 5.70. The highest BCUT2D eigenvalue weighted by molar-refractivity contribution is 5.32. The normalized spacial score (nSPS) is 19.7. The summed E-state index contributed by atoms with van der Waals surface area (Å²) >= 11 is 0. The first-order valence-corrected chi connectivity index (χ1v) is 5.86. The standard InChI is InChI=1S/C13H19NO2/c1-15-12-3-2-4-13(9-12)16-8-6-11-5-7-14-10-11/h2-4,9,11,14H,5-8,10H2,1H3/t11-/m1/s1. The molecule has 88 valence electrons. The monoisotopic (exact) mass is 221 g/mol. The molecule has 0 radical (unpaired) electrons. The second kappa shape index (κ2) is 5.75. The summed E-state index contributed by atoms with van der Waals surface area (Å²) in [5.74, 6) is 2.52. The molecule has 1 fully saturated rings. The van der Waals surface area contributed by atoms with Crippen molar-refractivity contribution in [3.63, 3.8) is 0 Å². The van der Waals surface area contributed by atoms with E-state index in [0.717, 1.165) is 43.5 Å². The Morgan fingerprint density at radius 3 is 3.00 bits per heavy atom. The molecule has 2 rings (SSSR count). The van der Waals surface area contributed by atoms with E-state index in [9.17, 15) is 0 Å². The second-order valence-electron chi connectivity index (χ2n) is 4.17. The first-order valence-electron chi connectivity index (χ1n) is 5.86. The Kier molecular flexibility index (Phi) is 4.05. The molecular weight excluding hydrogens is 202 g/mol. The molecule has 1 heterocycles. The van der Waals surface area contributed by atoms with Gasteiger partial charge in [-0.3, -0.25) is 0 Å². The third-order valence-corrected chi connectivity index (χ3v) is 3.00. The number of ether oxygens (including phenoxy) is 2. The van der Waals surface area contributed by atoms with Crippen LogP contribution in [-0.2, 0) is 0 Å². The molecule has 0 bridgehead atoms. The molecule has 0 spiro atoms. The zero-order valence-corrected chi connectivity index (χ0v) is 9.74. The quantitative estimate of drug-likeness (QED) is 0.825. The zero-order valence-electron chi connectivity index (χ0n) is 9.74. The maximum absolute atomic E-state index is 5.70. The molecule has 1 aliphatic rings. The molecule has 1 aromatic rings. The van der Waals surface area contributed by atoms with Gasteiger partial charge in [-0.15, -0.1) is 0 Å². The largest absolute Gasteiger partial charge is 0.497 e. The van der Waals surface area contributed by atoms with Crippen LogP contribution in [0, 0.1) is 5.92 Å². The number of hydrogen-bond donors (Lipinski definition) is 1. The highest BCUT2D eigenvalue weighted by atomic mass is 16.5. The maximum Gasteiger partial charge on any atom is 0.122 e. The minimum absolute atomic E-state index is 0.783. The topological polar surface area (TPSA) is 30.5 Å². The average molecular weight is 221 g/mol. The predicted octanol–water partition coefficient (Wildman–Crippen LogP) is 2.07. The lowest BCUT2D eigenvalue weighted by Gasteiger charge is -2.10. The molecule has 0 aromatic heterocycles. The third kappa shape index (κ3) is 3.14. The van der Waals surface area contributed by atoms with Gasteiger partial charge in [-0.25, -0.2) is 0 Å². The van der Waals surface area contributed by atoms with Gasteiger partial charge in [0.1, 0.15) is 11.5 Å². The van der Waals surface area contributed by atoms with Crippen LogP contribution in [0.4, 0.5) is 0 Å². The van der Waals surface area contributed by atoms with Crippen LogP contribution in [0.2, 0.25) is 0 Å². The van der Waals surface area contributed by atoms with E-state index in [1.807, 2.05) is 24.3 Å². The van der Waals surface area contributed by atoms with Crippen LogP contribution in [0.3, 0.4) is 0 Å². The fourth-order valence-corrected chi connectivity index (χ4v) is 2.00. The van der Waals surface area contributed by atoms with Crippen molar-refractivity contribution in [2.45, 2.75) is 12.8 Å². The van der Waals surface area contributed by atoms with Crippen LogP contribution in [0.15, 0.2) is 24.3 Å². The smallest absolute Gasteiger partial charge is 0.122 e. The Morgan fingerprint density at radius 2 is 2.25 bits per heavy atom. The Morgan fingerprint density at radius 1 is 1.38 bits per heavy atom. The van der Waals surface area contributed by atoms with Crippen molar-refractivity contribution in [1.82, 2.24) is 5.32 Å². The Hall–Kier alpha value is -1.22. The van der Waals surface area contributed by atoms with Crippen molar-refractivity contribution in [1.29, 1.82) is 0 Å². The van der Waals surface area contributed by atoms with Crippen molar-refractivity contribution in [2.75, 3.05) is 26.8 Å². The number of methoxy groups -OCH3 is 1. The molecule has 0 unspecified atom stereocenters. The van der Waals surface area contributed by atoms with E-state index in [2.05, 4.69) is 5.32 Å². The van der Waals surface area contributed by atoms with Crippen LogP contribution < -0.4 is 14.8 Å². The van der Waals surface area contributed by atoms with Gasteiger partial charge in [0.05, 0.1) is 13.7 Å². The molecule has 0 amide bonds. The van der Waals surface area contributed by atoms with Crippen molar-refractivity contribution in [3.05, 3.63) is 24.3 Å². The summed E-state index contributed by atoms with van der Waals surface area (Å²) in [5, 5.41) is 3.36. The highest BCUT2D eigenvalue weighted by Gasteiger charge is 2.13. The molecule has 3 nitrogen and oxygen atoms in total. The number of nitrogens with one attached hydrogen (secondary N) is 1. The minimum Gasteiger partial charge on any atom is -0.497 e. The van der Waals surface area contributed by atoms with Crippen molar-refractivity contribution >= 4 is 0 Å². The van der Waals surface area contributed by atoms with Gasteiger partial charge in [0.2, 0.25) is 0 Å². The van der Waals surface area contributed by atoms with Gasteiger partial charge in [0.25, 0.3) is 0 Å². The predicted molar refractivity (Wildman–Crippen MR) is 64.1 cm³/mol. The van der Waals surface area contributed by atoms with E-state index in [0.29, 0.717) is 0 Å². The molecular formula is C13H19NO2. The molecule has 1 aromatic carbocycles. The van der Waals surface area contributed by atoms with Crippen molar-refractivity contribution < 1.29 is 9.47 Å². The summed E-state index contributed by atoms with van der Waals surface area (Å²) in [5.41, 5.74) is 0. The van der Waals surface area contributed by atoms with Crippen LogP contribution >= 0.6 is 0 Å². The molecule has 1 saturated heterocycles. The summed E-state index contributed by atoms with van der Waals surface area (Å²) in [7, 11) is 1.67. The summed E-state index contributed by atoms with van der Waals surface area (Å²) in [6.07, 6.45) is 2.41. The van der Waals surface area contributed by atoms with Gasteiger partial charge in [0, 0.05) is 6.07 Å². The molecule has 3 heteroatoms. The van der Waals surface area contributed by atoms with E-state index in [1.54, 1.807) is 7.11 Å². The van der Waals surface area contributed by atoms with Crippen LogP contribution in [-0.4, -0.2) is 26.8 Å². The van der Waals surface area contributed by atoms with Gasteiger partial charge < -0.3 is 14.8 Å². The van der Waals surface area contributed by atoms with Crippen LogP contribution in [0.5, 0.6) is 11.5 Å². The molecule has 1 N–H and O–H groups in total. The average Bonchev–Trinajstić information content (AvgIpc) is 2.82. The minimum atomic E-state index is 0.783. The van der Waals surface area contributed by atoms with Gasteiger partial charge in [-0.1, -0.05) is 6.07 Å². The lowest BCUT2D eigenvalue weighted by Crippen LogP contribution is -2.11. The lowest BCUT2D eigenvalue weighted by atomic mass is 10.1. The highest BCUT2D eigenvalue weighted by Crippen LogP contribution is 2.20. The Balaban J connectivity index is 1.75. The molecule has 1 atom stereocenters. The second-order valence-corrected chi connectivity index (χ2v) is 4.17. The molecule has 0 saturated carbocycles. The first kappa shape index (κ1) is 11.3. The van der Waals surface area contributed by atoms with E-state index in [-0.39, 0.29) is 0 Å². The fraction of sp³-hybridized carbons (Fsp3) is 0.538. The Labute approximate surface area is 96.8 Å². The van der Waals surface area contributed by atoms with Gasteiger partial charge in [-0.05, 0) is 44.0 Å². The molecule has 1 aliphatic heterocycles. The van der Waals surface area contributed by atoms with Crippen LogP contribution in [0.25, 0.3) is 0 Å². The van der Waals surface area contributed by atoms with Gasteiger partial charge in [-0.2, -0.15) is 0 Å². The number of hydrogen-bond acceptors (Lipinski definition) is 3.